The number of aryl methyl sites for hydroxylation is 2. The highest BCUT2D eigenvalue weighted by Crippen LogP contribution is 2.22. The lowest BCUT2D eigenvalue weighted by Crippen LogP contribution is -2.28. The number of rotatable bonds is 13. The number of benzene rings is 1. The molecule has 0 radical (unpaired) electrons. The predicted molar refractivity (Wildman–Crippen MR) is 133 cm³/mol. The van der Waals surface area contributed by atoms with Crippen LogP contribution in [0, 0.1) is 6.92 Å². The lowest BCUT2D eigenvalue weighted by molar-refractivity contribution is 0.274. The van der Waals surface area contributed by atoms with Crippen molar-refractivity contribution in [1.29, 1.82) is 0 Å². The van der Waals surface area contributed by atoms with Crippen molar-refractivity contribution in [1.82, 2.24) is 14.9 Å². The van der Waals surface area contributed by atoms with Crippen LogP contribution in [0.4, 0.5) is 5.69 Å². The first-order valence-electron chi connectivity index (χ1n) is 10.7. The zero-order valence-corrected chi connectivity index (χ0v) is 20.3. The van der Waals surface area contributed by atoms with Crippen molar-refractivity contribution < 1.29 is 0 Å². The molecule has 0 aliphatic heterocycles. The van der Waals surface area contributed by atoms with Gasteiger partial charge in [0, 0.05) is 35.3 Å². The molecular weight excluding hydrogens is 412 g/mol. The molecule has 0 bridgehead atoms. The molecule has 0 spiro atoms. The van der Waals surface area contributed by atoms with E-state index >= 15 is 0 Å². The average Bonchev–Trinajstić information content (AvgIpc) is 2.74. The van der Waals surface area contributed by atoms with Gasteiger partial charge in [-0.05, 0) is 88.2 Å². The number of hydrogen-bond donors (Lipinski definition) is 1. The minimum atomic E-state index is 0.345. The van der Waals surface area contributed by atoms with Gasteiger partial charge in [-0.25, -0.2) is 9.97 Å². The molecular formula is C24H35ClN4S. The van der Waals surface area contributed by atoms with Gasteiger partial charge in [0.15, 0.2) is 0 Å². The number of aromatic nitrogens is 2. The molecule has 1 N–H and O–H groups in total. The van der Waals surface area contributed by atoms with E-state index in [1.54, 1.807) is 11.8 Å². The summed E-state index contributed by atoms with van der Waals surface area (Å²) in [6.45, 7) is 13.8. The largest absolute Gasteiger partial charge is 0.359 e. The van der Waals surface area contributed by atoms with Crippen molar-refractivity contribution in [3.63, 3.8) is 0 Å². The molecule has 2 aromatic rings. The summed E-state index contributed by atoms with van der Waals surface area (Å²) in [6.07, 6.45) is 10.3. The molecule has 1 atom stereocenters. The number of nitrogens with one attached hydrogen (secondary N) is 1. The second kappa shape index (κ2) is 13.0. The molecule has 0 aliphatic rings. The minimum absolute atomic E-state index is 0.345. The Morgan fingerprint density at radius 1 is 1.23 bits per heavy atom. The van der Waals surface area contributed by atoms with Crippen LogP contribution in [0.15, 0.2) is 42.9 Å². The predicted octanol–water partition coefficient (Wildman–Crippen LogP) is 6.52. The minimum Gasteiger partial charge on any atom is -0.359 e. The molecule has 0 saturated heterocycles. The Labute approximate surface area is 191 Å². The van der Waals surface area contributed by atoms with Gasteiger partial charge in [0.25, 0.3) is 0 Å². The third kappa shape index (κ3) is 8.29. The van der Waals surface area contributed by atoms with Crippen molar-refractivity contribution in [2.45, 2.75) is 51.7 Å². The smallest absolute Gasteiger partial charge is 0.140 e. The lowest BCUT2D eigenvalue weighted by Gasteiger charge is -2.22. The molecule has 0 amide bonds. The zero-order chi connectivity index (χ0) is 21.9. The molecule has 6 heteroatoms. The molecule has 2 rings (SSSR count). The fraction of sp³-hybridized carbons (Fsp3) is 0.500. The highest BCUT2D eigenvalue weighted by atomic mass is 35.5. The number of thioether (sulfide) groups is 1. The van der Waals surface area contributed by atoms with E-state index in [-0.39, 0.29) is 0 Å². The first-order valence-corrected chi connectivity index (χ1v) is 12.4. The Morgan fingerprint density at radius 2 is 1.97 bits per heavy atom. The van der Waals surface area contributed by atoms with E-state index in [1.807, 2.05) is 30.6 Å². The Morgan fingerprint density at radius 3 is 2.60 bits per heavy atom. The molecule has 1 heterocycles. The van der Waals surface area contributed by atoms with Crippen LogP contribution in [0.3, 0.4) is 0 Å². The standard InChI is InChI=1S/C24H35ClN4S/c1-6-12-29(13-7-8-21-16-26-24(27-17-21)20(4)30-5)14-11-19(3)28-23-10-9-22(25)15-18(23)2/h9-10,15-17,20,28H,3,6-8,11-14H2,1-2,4-5H3. The molecule has 1 aromatic heterocycles. The third-order valence-corrected chi connectivity index (χ3v) is 6.30. The van der Waals surface area contributed by atoms with Crippen molar-refractivity contribution in [2.75, 3.05) is 31.2 Å². The topological polar surface area (TPSA) is 41.1 Å². The molecule has 4 nitrogen and oxygen atoms in total. The summed E-state index contributed by atoms with van der Waals surface area (Å²) in [5, 5.41) is 4.54. The monoisotopic (exact) mass is 446 g/mol. The molecule has 1 unspecified atom stereocenters. The van der Waals surface area contributed by atoms with E-state index in [0.29, 0.717) is 5.25 Å². The maximum Gasteiger partial charge on any atom is 0.140 e. The summed E-state index contributed by atoms with van der Waals surface area (Å²) in [6, 6.07) is 5.89. The average molecular weight is 447 g/mol. The van der Waals surface area contributed by atoms with E-state index in [2.05, 4.69) is 53.8 Å². The van der Waals surface area contributed by atoms with Crippen molar-refractivity contribution in [3.8, 4) is 0 Å². The summed E-state index contributed by atoms with van der Waals surface area (Å²) in [4.78, 5) is 11.6. The Bertz CT molecular complexity index is 794. The Balaban J connectivity index is 1.77. The first kappa shape index (κ1) is 24.7. The molecule has 0 saturated carbocycles. The van der Waals surface area contributed by atoms with E-state index in [4.69, 9.17) is 11.6 Å². The SMILES string of the molecule is C=C(CCN(CCC)CCCc1cnc(C(C)SC)nc1)Nc1ccc(Cl)cc1C. The van der Waals surface area contributed by atoms with Gasteiger partial charge in [-0.2, -0.15) is 11.8 Å². The van der Waals surface area contributed by atoms with E-state index in [1.165, 1.54) is 5.56 Å². The van der Waals surface area contributed by atoms with Crippen LogP contribution >= 0.6 is 23.4 Å². The van der Waals surface area contributed by atoms with Crippen LogP contribution in [0.5, 0.6) is 0 Å². The fourth-order valence-corrected chi connectivity index (χ4v) is 3.84. The summed E-state index contributed by atoms with van der Waals surface area (Å²) < 4.78 is 0. The van der Waals surface area contributed by atoms with E-state index in [9.17, 15) is 0 Å². The van der Waals surface area contributed by atoms with Crippen LogP contribution in [0.2, 0.25) is 5.02 Å². The number of anilines is 1. The van der Waals surface area contributed by atoms with Gasteiger partial charge in [0.05, 0.1) is 5.25 Å². The van der Waals surface area contributed by atoms with Gasteiger partial charge in [0.1, 0.15) is 5.82 Å². The van der Waals surface area contributed by atoms with E-state index in [0.717, 1.165) is 73.1 Å². The highest BCUT2D eigenvalue weighted by Gasteiger charge is 2.09. The maximum absolute atomic E-state index is 6.05. The lowest BCUT2D eigenvalue weighted by atomic mass is 10.1. The second-order valence-electron chi connectivity index (χ2n) is 7.71. The van der Waals surface area contributed by atoms with Gasteiger partial charge >= 0.3 is 0 Å². The quantitative estimate of drug-likeness (QED) is 0.379. The Hall–Kier alpha value is -1.56. The summed E-state index contributed by atoms with van der Waals surface area (Å²) in [5.41, 5.74) is 4.46. The van der Waals surface area contributed by atoms with Crippen LogP contribution < -0.4 is 5.32 Å². The van der Waals surface area contributed by atoms with Gasteiger partial charge in [0.2, 0.25) is 0 Å². The van der Waals surface area contributed by atoms with E-state index < -0.39 is 0 Å². The van der Waals surface area contributed by atoms with Gasteiger partial charge in [-0.3, -0.25) is 0 Å². The van der Waals surface area contributed by atoms with Crippen LogP contribution in [-0.4, -0.2) is 40.8 Å². The molecule has 30 heavy (non-hydrogen) atoms. The summed E-state index contributed by atoms with van der Waals surface area (Å²) in [7, 11) is 0. The second-order valence-corrected chi connectivity index (χ2v) is 9.33. The fourth-order valence-electron chi connectivity index (χ4n) is 3.28. The van der Waals surface area contributed by atoms with Crippen molar-refractivity contribution in [3.05, 3.63) is 64.8 Å². The van der Waals surface area contributed by atoms with Crippen molar-refractivity contribution in [2.24, 2.45) is 0 Å². The van der Waals surface area contributed by atoms with Gasteiger partial charge in [-0.15, -0.1) is 0 Å². The molecule has 1 aromatic carbocycles. The normalized spacial score (nSPS) is 12.2. The maximum atomic E-state index is 6.05. The van der Waals surface area contributed by atoms with Gasteiger partial charge in [-0.1, -0.05) is 25.1 Å². The molecule has 0 aliphatic carbocycles. The Kier molecular flexibility index (Phi) is 10.7. The highest BCUT2D eigenvalue weighted by molar-refractivity contribution is 7.98. The zero-order valence-electron chi connectivity index (χ0n) is 18.7. The van der Waals surface area contributed by atoms with Crippen LogP contribution in [0.25, 0.3) is 0 Å². The van der Waals surface area contributed by atoms with Crippen LogP contribution in [0.1, 0.15) is 55.3 Å². The first-order chi connectivity index (χ1) is 14.4. The third-order valence-electron chi connectivity index (χ3n) is 5.15. The van der Waals surface area contributed by atoms with Gasteiger partial charge < -0.3 is 10.2 Å². The van der Waals surface area contributed by atoms with Crippen molar-refractivity contribution >= 4 is 29.1 Å². The summed E-state index contributed by atoms with van der Waals surface area (Å²) in [5.74, 6) is 0.917. The summed E-state index contributed by atoms with van der Waals surface area (Å²) >= 11 is 7.82. The number of halogens is 1. The van der Waals surface area contributed by atoms with Crippen LogP contribution in [-0.2, 0) is 6.42 Å². The number of nitrogens with zero attached hydrogens (tertiary/aromatic N) is 3. The molecule has 0 fully saturated rings. The number of hydrogen-bond acceptors (Lipinski definition) is 5. The molecule has 164 valence electrons.